The summed E-state index contributed by atoms with van der Waals surface area (Å²) in [5, 5.41) is 0. The number of hydrogen-bond donors (Lipinski definition) is 0. The van der Waals surface area contributed by atoms with E-state index in [0.717, 1.165) is 0 Å². The Bertz CT molecular complexity index is 106. The molecule has 78 heavy (non-hydrogen) atoms. The minimum absolute atomic E-state index is 0. The van der Waals surface area contributed by atoms with Gasteiger partial charge in [-0.1, -0.05) is 541 Å². The monoisotopic (exact) mass is 1170 g/mol. The molecule has 0 fully saturated rings. The highest BCUT2D eigenvalue weighted by atomic mass is 13.7. The lowest BCUT2D eigenvalue weighted by Crippen LogP contribution is -1.47. The molecule has 0 saturated carbocycles. The molecule has 0 rings (SSSR count). The van der Waals surface area contributed by atoms with Gasteiger partial charge < -0.3 is 0 Å². The minimum Gasteiger partial charge on any atom is -0.0776 e. The second kappa shape index (κ2) is 1110. The molecule has 0 saturated heterocycles. The van der Waals surface area contributed by atoms with Crippen molar-refractivity contribution in [3.63, 3.8) is 0 Å². The Morgan fingerprint density at radius 3 is 0.103 bits per heavy atom. The van der Waals surface area contributed by atoms with Crippen LogP contribution in [-0.4, -0.2) is 0 Å². The quantitative estimate of drug-likeness (QED) is 0.249. The van der Waals surface area contributed by atoms with Gasteiger partial charge in [0, 0.05) is 0 Å². The summed E-state index contributed by atoms with van der Waals surface area (Å²) in [6.45, 7) is 76.2. The third-order valence-corrected chi connectivity index (χ3v) is 3.00. The largest absolute Gasteiger partial charge is 0.0776 e. The molecule has 0 unspecified atom stereocenters. The van der Waals surface area contributed by atoms with Gasteiger partial charge in [-0.05, 0) is 0 Å². The van der Waals surface area contributed by atoms with Gasteiger partial charge in [-0.15, -0.1) is 0 Å². The smallest absolute Gasteiger partial charge is 0.0564 e. The Labute approximate surface area is 538 Å². The van der Waals surface area contributed by atoms with Crippen molar-refractivity contribution in [3.8, 4) is 0 Å². The molecular formula is C78H236. The van der Waals surface area contributed by atoms with E-state index in [1.807, 2.05) is 55.4 Å². The maximum Gasteiger partial charge on any atom is -0.0564 e. The van der Waals surface area contributed by atoms with Crippen LogP contribution in [0.4, 0.5) is 0 Å². The van der Waals surface area contributed by atoms with Gasteiger partial charge in [0.1, 0.15) is 0 Å². The highest BCUT2D eigenvalue weighted by Gasteiger charge is 1.58. The van der Waals surface area contributed by atoms with E-state index >= 15 is 0 Å². The summed E-state index contributed by atoms with van der Waals surface area (Å²) < 4.78 is 0. The summed E-state index contributed by atoms with van der Waals surface area (Å²) in [5.41, 5.74) is 0. The molecular weight excluding hydrogens is 937 g/mol. The summed E-state index contributed by atoms with van der Waals surface area (Å²) in [5.74, 6) is 0. The van der Waals surface area contributed by atoms with E-state index < -0.39 is 0 Å². The molecule has 0 aliphatic rings. The van der Waals surface area contributed by atoms with Gasteiger partial charge in [-0.3, -0.25) is 0 Å². The molecule has 0 heteroatoms. The maximum absolute atomic E-state index is 2.18. The first-order chi connectivity index (χ1) is 26.8. The Morgan fingerprint density at radius 2 is 0.103 bits per heavy atom. The third kappa shape index (κ3) is 11900. The fourth-order valence-corrected chi connectivity index (χ4v) is 0. The van der Waals surface area contributed by atoms with Crippen LogP contribution in [0.3, 0.4) is 0 Å². The van der Waals surface area contributed by atoms with Gasteiger partial charge in [0.05, 0.1) is 0 Å². The molecule has 0 bridgehead atoms. The normalized spacial score (nSPS) is 4.46. The molecule has 0 heterocycles. The number of rotatable bonds is 6. The van der Waals surface area contributed by atoms with Gasteiger partial charge in [0.15, 0.2) is 0 Å². The predicted octanol–water partition coefficient (Wildman–Crippen LogP) is 40.3. The van der Waals surface area contributed by atoms with Crippen LogP contribution in [0.5, 0.6) is 0 Å². The van der Waals surface area contributed by atoms with Crippen LogP contribution in [0.1, 0.15) is 541 Å². The summed E-state index contributed by atoms with van der Waals surface area (Å²) in [4.78, 5) is 0. The fraction of sp³-hybridized carbons (Fsp3) is 1.00. The van der Waals surface area contributed by atoms with Crippen LogP contribution in [0.25, 0.3) is 0 Å². The van der Waals surface area contributed by atoms with Crippen LogP contribution in [-0.2, 0) is 0 Å². The van der Waals surface area contributed by atoms with Crippen molar-refractivity contribution < 1.29 is 0 Å². The lowest BCUT2D eigenvalue weighted by Gasteiger charge is -1.68. The summed E-state index contributed by atoms with van der Waals surface area (Å²) in [6.07, 6.45) is 25.8. The van der Waals surface area contributed by atoms with Crippen molar-refractivity contribution in [2.24, 2.45) is 0 Å². The summed E-state index contributed by atoms with van der Waals surface area (Å²) in [7, 11) is 0. The summed E-state index contributed by atoms with van der Waals surface area (Å²) in [6, 6.07) is 0. The molecule has 0 aromatic rings. The third-order valence-electron chi connectivity index (χ3n) is 3.00. The Balaban J connectivity index is -0.00000000509. The minimum atomic E-state index is 0. The molecule has 0 aromatic carbocycles. The molecule has 0 radical (unpaired) electrons. The molecule has 0 N–H and O–H groups in total. The van der Waals surface area contributed by atoms with E-state index in [0.29, 0.717) is 0 Å². The zero-order valence-corrected chi connectivity index (χ0v) is 50.1. The Hall–Kier alpha value is 0. The molecule has 0 nitrogen and oxygen atoms in total. The standard InChI is InChI=1S/6C4H10.8C3H8.4C2H6.22CH4/c6*1-3-4-2;8*1-3-2;4*1-2;;;;;;;;;;;;;;;;;;;;;;/h6*3-4H2,1-2H3;8*3H2,1-2H3;4*1-2H3;22*1H4. The van der Waals surface area contributed by atoms with Gasteiger partial charge in [0.2, 0.25) is 0 Å². The summed E-state index contributed by atoms with van der Waals surface area (Å²) >= 11 is 0. The van der Waals surface area contributed by atoms with Crippen LogP contribution >= 0.6 is 0 Å². The zero-order valence-electron chi connectivity index (χ0n) is 50.1. The Morgan fingerprint density at radius 1 is 0.0897 bits per heavy atom. The van der Waals surface area contributed by atoms with E-state index in [9.17, 15) is 0 Å². The van der Waals surface area contributed by atoms with E-state index in [2.05, 4.69) is 194 Å². The first-order valence-electron chi connectivity index (χ1n) is 26.8. The topological polar surface area (TPSA) is 0 Å². The van der Waals surface area contributed by atoms with Crippen LogP contribution in [0.2, 0.25) is 0 Å². The Kier molecular flexibility index (Phi) is 4570. The molecule has 0 aliphatic heterocycles. The number of hydrogen-bond acceptors (Lipinski definition) is 0. The van der Waals surface area contributed by atoms with Crippen molar-refractivity contribution in [3.05, 3.63) is 0 Å². The maximum atomic E-state index is 2.18. The van der Waals surface area contributed by atoms with Crippen LogP contribution in [0.15, 0.2) is 0 Å². The highest BCUT2D eigenvalue weighted by molar-refractivity contribution is 4.14. The molecule has 0 atom stereocenters. The first kappa shape index (κ1) is 320. The van der Waals surface area contributed by atoms with Crippen molar-refractivity contribution in [2.45, 2.75) is 541 Å². The van der Waals surface area contributed by atoms with E-state index in [4.69, 9.17) is 0 Å². The highest BCUT2D eigenvalue weighted by Crippen LogP contribution is 1.79. The van der Waals surface area contributed by atoms with E-state index in [1.54, 1.807) is 0 Å². The SMILES string of the molecule is C.C.C.C.C.C.C.C.C.C.C.C.C.C.C.C.C.C.C.C.C.C.CC.CC.CC.CC.CCC.CCC.CCC.CCC.CCC.CCC.CCC.CCC.CCCC.CCCC.CCCC.CCCC.CCCC.CCCC. The molecule has 0 amide bonds. The van der Waals surface area contributed by atoms with Gasteiger partial charge in [-0.2, -0.15) is 0 Å². The van der Waals surface area contributed by atoms with E-state index in [-0.39, 0.29) is 163 Å². The van der Waals surface area contributed by atoms with Crippen molar-refractivity contribution in [2.75, 3.05) is 0 Å². The first-order valence-corrected chi connectivity index (χ1v) is 26.8. The van der Waals surface area contributed by atoms with Gasteiger partial charge in [-0.25, -0.2) is 0 Å². The molecule has 0 aromatic heterocycles. The van der Waals surface area contributed by atoms with Gasteiger partial charge in [0.25, 0.3) is 0 Å². The number of unbranched alkanes of at least 4 members (excludes halogenated alkanes) is 6. The van der Waals surface area contributed by atoms with Crippen molar-refractivity contribution >= 4 is 0 Å². The second-order valence-electron chi connectivity index (χ2n) is 11.7. The predicted molar refractivity (Wildman–Crippen MR) is 445 cm³/mol. The molecule has 0 aliphatic carbocycles. The van der Waals surface area contributed by atoms with Crippen LogP contribution < -0.4 is 0 Å². The fourth-order valence-electron chi connectivity index (χ4n) is 0. The van der Waals surface area contributed by atoms with E-state index in [1.165, 1.54) is 128 Å². The lowest BCUT2D eigenvalue weighted by atomic mass is 10.4. The van der Waals surface area contributed by atoms with Crippen molar-refractivity contribution in [1.82, 2.24) is 0 Å². The molecule has 548 valence electrons. The average Bonchev–Trinajstić information content (AvgIpc) is 3.23. The van der Waals surface area contributed by atoms with Crippen LogP contribution in [0, 0.1) is 0 Å². The second-order valence-corrected chi connectivity index (χ2v) is 11.7. The zero-order chi connectivity index (χ0) is 50.1. The molecule has 0 spiro atoms. The van der Waals surface area contributed by atoms with Crippen molar-refractivity contribution in [1.29, 1.82) is 0 Å². The lowest BCUT2D eigenvalue weighted by molar-refractivity contribution is 0.886. The van der Waals surface area contributed by atoms with Gasteiger partial charge >= 0.3 is 0 Å². The average molecular weight is 1170 g/mol.